The van der Waals surface area contributed by atoms with Gasteiger partial charge in [-0.2, -0.15) is 5.10 Å². The molecular weight excluding hydrogens is 254 g/mol. The van der Waals surface area contributed by atoms with Gasteiger partial charge in [0.15, 0.2) is 11.4 Å². The van der Waals surface area contributed by atoms with Gasteiger partial charge < -0.3 is 19.3 Å². The number of amides is 1. The zero-order valence-electron chi connectivity index (χ0n) is 9.34. The van der Waals surface area contributed by atoms with Crippen LogP contribution in [0.3, 0.4) is 0 Å². The van der Waals surface area contributed by atoms with Crippen LogP contribution in [0.2, 0.25) is 0 Å². The van der Waals surface area contributed by atoms with E-state index in [4.69, 9.17) is 13.9 Å². The van der Waals surface area contributed by atoms with Gasteiger partial charge in [0, 0.05) is 6.07 Å². The van der Waals surface area contributed by atoms with Crippen LogP contribution < -0.4 is 5.32 Å². The maximum absolute atomic E-state index is 11.8. The minimum absolute atomic E-state index is 0.119. The molecule has 0 saturated heterocycles. The lowest BCUT2D eigenvalue weighted by molar-refractivity contribution is 0.0665. The van der Waals surface area contributed by atoms with Crippen LogP contribution in [0.25, 0.3) is 11.1 Å². The van der Waals surface area contributed by atoms with E-state index in [0.717, 1.165) is 0 Å². The number of rotatable bonds is 3. The zero-order valence-corrected chi connectivity index (χ0v) is 9.34. The number of H-pyrrole nitrogens is 1. The SMILES string of the molecule is O=C(Nc1n[nH]c2cc(C(=O)O)oc12)c1ccoc1. The molecule has 0 saturated carbocycles. The Labute approximate surface area is 105 Å². The number of anilines is 1. The van der Waals surface area contributed by atoms with E-state index in [1.165, 1.54) is 24.7 Å². The third-order valence-electron chi connectivity index (χ3n) is 2.46. The Morgan fingerprint density at radius 2 is 2.26 bits per heavy atom. The van der Waals surface area contributed by atoms with Crippen LogP contribution >= 0.6 is 0 Å². The fourth-order valence-corrected chi connectivity index (χ4v) is 1.58. The minimum atomic E-state index is -1.20. The van der Waals surface area contributed by atoms with E-state index in [2.05, 4.69) is 15.5 Å². The highest BCUT2D eigenvalue weighted by atomic mass is 16.4. The van der Waals surface area contributed by atoms with Crippen molar-refractivity contribution in [2.24, 2.45) is 0 Å². The molecule has 1 amide bonds. The molecule has 3 rings (SSSR count). The van der Waals surface area contributed by atoms with Gasteiger partial charge in [0.2, 0.25) is 5.76 Å². The maximum atomic E-state index is 11.8. The summed E-state index contributed by atoms with van der Waals surface area (Å²) in [6.45, 7) is 0. The van der Waals surface area contributed by atoms with Crippen molar-refractivity contribution in [3.8, 4) is 0 Å². The number of aromatic amines is 1. The molecule has 3 aromatic heterocycles. The molecule has 0 unspecified atom stereocenters. The smallest absolute Gasteiger partial charge is 0.371 e. The Bertz CT molecular complexity index is 753. The topological polar surface area (TPSA) is 121 Å². The third-order valence-corrected chi connectivity index (χ3v) is 2.46. The Balaban J connectivity index is 1.93. The van der Waals surface area contributed by atoms with Crippen LogP contribution in [-0.2, 0) is 0 Å². The molecule has 0 aliphatic carbocycles. The molecule has 0 atom stereocenters. The molecule has 8 nitrogen and oxygen atoms in total. The highest BCUT2D eigenvalue weighted by Gasteiger charge is 2.18. The normalized spacial score (nSPS) is 10.7. The number of carbonyl (C=O) groups is 2. The summed E-state index contributed by atoms with van der Waals surface area (Å²) in [5.41, 5.74) is 0.885. The first-order chi connectivity index (χ1) is 9.15. The van der Waals surface area contributed by atoms with E-state index in [9.17, 15) is 9.59 Å². The quantitative estimate of drug-likeness (QED) is 0.659. The average molecular weight is 261 g/mol. The number of fused-ring (bicyclic) bond motifs is 1. The summed E-state index contributed by atoms with van der Waals surface area (Å²) in [4.78, 5) is 22.5. The summed E-state index contributed by atoms with van der Waals surface area (Å²) in [5, 5.41) is 17.7. The van der Waals surface area contributed by atoms with Crippen molar-refractivity contribution < 1.29 is 23.5 Å². The number of carbonyl (C=O) groups excluding carboxylic acids is 1. The lowest BCUT2D eigenvalue weighted by Gasteiger charge is -1.97. The van der Waals surface area contributed by atoms with E-state index in [1.54, 1.807) is 0 Å². The molecule has 0 aromatic carbocycles. The van der Waals surface area contributed by atoms with Crippen LogP contribution in [0.5, 0.6) is 0 Å². The van der Waals surface area contributed by atoms with Gasteiger partial charge in [-0.15, -0.1) is 0 Å². The minimum Gasteiger partial charge on any atom is -0.475 e. The molecule has 0 spiro atoms. The van der Waals surface area contributed by atoms with E-state index in [0.29, 0.717) is 11.1 Å². The molecule has 3 aromatic rings. The van der Waals surface area contributed by atoms with Gasteiger partial charge in [-0.05, 0) is 6.07 Å². The molecule has 3 heterocycles. The molecule has 0 aliphatic rings. The second-order valence-corrected chi connectivity index (χ2v) is 3.70. The summed E-state index contributed by atoms with van der Waals surface area (Å²) in [7, 11) is 0. The number of nitrogens with zero attached hydrogens (tertiary/aromatic N) is 1. The van der Waals surface area contributed by atoms with Crippen molar-refractivity contribution in [3.63, 3.8) is 0 Å². The number of hydrogen-bond donors (Lipinski definition) is 3. The number of aromatic nitrogens is 2. The number of carboxylic acid groups (broad SMARTS) is 1. The van der Waals surface area contributed by atoms with Gasteiger partial charge >= 0.3 is 5.97 Å². The standard InChI is InChI=1S/C11H7N3O5/c15-10(5-1-2-18-4-5)12-9-8-6(13-14-9)3-7(19-8)11(16)17/h1-4H,(H,16,17)(H2,12,13,14,15). The zero-order chi connectivity index (χ0) is 13.4. The van der Waals surface area contributed by atoms with Gasteiger partial charge in [0.1, 0.15) is 11.8 Å². The summed E-state index contributed by atoms with van der Waals surface area (Å²) in [6, 6.07) is 2.78. The monoisotopic (exact) mass is 261 g/mol. The summed E-state index contributed by atoms with van der Waals surface area (Å²) >= 11 is 0. The van der Waals surface area contributed by atoms with Crippen molar-refractivity contribution >= 4 is 28.8 Å². The fraction of sp³-hybridized carbons (Fsp3) is 0. The summed E-state index contributed by atoms with van der Waals surface area (Å²) in [6.07, 6.45) is 2.65. The number of hydrogen-bond acceptors (Lipinski definition) is 5. The molecule has 3 N–H and O–H groups in total. The molecule has 19 heavy (non-hydrogen) atoms. The van der Waals surface area contributed by atoms with Crippen molar-refractivity contribution in [2.75, 3.05) is 5.32 Å². The Hall–Kier alpha value is -3.03. The van der Waals surface area contributed by atoms with Crippen molar-refractivity contribution in [1.29, 1.82) is 0 Å². The lowest BCUT2D eigenvalue weighted by atomic mass is 10.3. The van der Waals surface area contributed by atoms with E-state index in [-0.39, 0.29) is 17.2 Å². The average Bonchev–Trinajstić information content (AvgIpc) is 3.05. The first-order valence-electron chi connectivity index (χ1n) is 5.20. The first kappa shape index (κ1) is 11.1. The van der Waals surface area contributed by atoms with Crippen molar-refractivity contribution in [2.45, 2.75) is 0 Å². The Morgan fingerprint density at radius 1 is 1.42 bits per heavy atom. The molecule has 0 aliphatic heterocycles. The largest absolute Gasteiger partial charge is 0.475 e. The number of nitrogens with one attached hydrogen (secondary N) is 2. The van der Waals surface area contributed by atoms with Crippen molar-refractivity contribution in [1.82, 2.24) is 10.2 Å². The maximum Gasteiger partial charge on any atom is 0.371 e. The fourth-order valence-electron chi connectivity index (χ4n) is 1.58. The second kappa shape index (κ2) is 4.02. The van der Waals surface area contributed by atoms with Crippen LogP contribution in [0.4, 0.5) is 5.82 Å². The van der Waals surface area contributed by atoms with Crippen molar-refractivity contribution in [3.05, 3.63) is 36.0 Å². The molecule has 96 valence electrons. The van der Waals surface area contributed by atoms with Gasteiger partial charge in [0.25, 0.3) is 5.91 Å². The summed E-state index contributed by atoms with van der Waals surface area (Å²) < 4.78 is 9.88. The Morgan fingerprint density at radius 3 is 2.95 bits per heavy atom. The predicted octanol–water partition coefficient (Wildman–Crippen LogP) is 1.70. The van der Waals surface area contributed by atoms with E-state index >= 15 is 0 Å². The van der Waals surface area contributed by atoms with Gasteiger partial charge in [-0.25, -0.2) is 4.79 Å². The molecule has 0 fully saturated rings. The lowest BCUT2D eigenvalue weighted by Crippen LogP contribution is -2.11. The molecule has 0 radical (unpaired) electrons. The number of aromatic carboxylic acids is 1. The number of carboxylic acids is 1. The van der Waals surface area contributed by atoms with Crippen LogP contribution in [0.1, 0.15) is 20.9 Å². The molecule has 0 bridgehead atoms. The van der Waals surface area contributed by atoms with E-state index < -0.39 is 11.9 Å². The highest BCUT2D eigenvalue weighted by molar-refractivity contribution is 6.07. The number of furan rings is 2. The Kier molecular flexibility index (Phi) is 2.34. The van der Waals surface area contributed by atoms with Crippen LogP contribution in [0, 0.1) is 0 Å². The highest BCUT2D eigenvalue weighted by Crippen LogP contribution is 2.24. The molecular formula is C11H7N3O5. The first-order valence-corrected chi connectivity index (χ1v) is 5.20. The third kappa shape index (κ3) is 1.84. The van der Waals surface area contributed by atoms with Gasteiger partial charge in [-0.3, -0.25) is 9.89 Å². The van der Waals surface area contributed by atoms with Gasteiger partial charge in [0.05, 0.1) is 11.8 Å². The van der Waals surface area contributed by atoms with Crippen LogP contribution in [0.15, 0.2) is 33.5 Å². The second-order valence-electron chi connectivity index (χ2n) is 3.70. The molecule has 8 heteroatoms. The van der Waals surface area contributed by atoms with E-state index in [1.807, 2.05) is 0 Å². The summed E-state index contributed by atoms with van der Waals surface area (Å²) in [5.74, 6) is -1.75. The van der Waals surface area contributed by atoms with Crippen LogP contribution in [-0.4, -0.2) is 27.2 Å². The predicted molar refractivity (Wildman–Crippen MR) is 62.0 cm³/mol. The van der Waals surface area contributed by atoms with Gasteiger partial charge in [-0.1, -0.05) is 0 Å².